The molecule has 0 amide bonds. The molecule has 0 N–H and O–H groups in total. The second-order valence-electron chi connectivity index (χ2n) is 15.3. The van der Waals surface area contributed by atoms with Gasteiger partial charge in [-0.25, -0.2) is 9.97 Å². The first-order chi connectivity index (χ1) is 28.3. The Balaban J connectivity index is 1.12. The molecule has 0 atom stereocenters. The van der Waals surface area contributed by atoms with Gasteiger partial charge in [-0.05, 0) is 75.8 Å². The van der Waals surface area contributed by atoms with Crippen molar-refractivity contribution in [3.05, 3.63) is 170 Å². The Kier molecular flexibility index (Phi) is 5.62. The molecule has 14 aromatic rings. The molecule has 0 aliphatic heterocycles. The quantitative estimate of drug-likeness (QED) is 0.169. The summed E-state index contributed by atoms with van der Waals surface area (Å²) in [6.07, 6.45) is 0. The standard InChI is InChI=1S/C52H28N4S/c1-2-10-33-28-34(21-18-29(33)8-1)30-16-19-32(20-17-30)49-52(54-50-35-11-4-3-9-31(35)22-24-38(50)53-49)56-41-15-7-14-40-45(41)46-42(56)25-27-43-47(46)48-44(57-43)26-23-37-36-12-5-6-13-39(36)55(40)51(37)48/h1-28H. The van der Waals surface area contributed by atoms with Crippen molar-refractivity contribution in [3.63, 3.8) is 0 Å². The first-order valence-corrected chi connectivity index (χ1v) is 20.2. The van der Waals surface area contributed by atoms with E-state index in [1.165, 1.54) is 80.2 Å². The lowest BCUT2D eigenvalue weighted by Gasteiger charge is -2.15. The average molecular weight is 741 g/mol. The first-order valence-electron chi connectivity index (χ1n) is 19.4. The van der Waals surface area contributed by atoms with Gasteiger partial charge in [0.15, 0.2) is 5.82 Å². The zero-order valence-corrected chi connectivity index (χ0v) is 31.2. The van der Waals surface area contributed by atoms with Crippen molar-refractivity contribution < 1.29 is 0 Å². The fraction of sp³-hybridized carbons (Fsp3) is 0. The van der Waals surface area contributed by atoms with Gasteiger partial charge in [0.2, 0.25) is 0 Å². The molecule has 0 fully saturated rings. The highest BCUT2D eigenvalue weighted by Gasteiger charge is 2.27. The maximum absolute atomic E-state index is 5.69. The van der Waals surface area contributed by atoms with Crippen LogP contribution in [0.3, 0.4) is 0 Å². The van der Waals surface area contributed by atoms with Crippen LogP contribution in [0.15, 0.2) is 170 Å². The van der Waals surface area contributed by atoms with E-state index in [0.717, 1.165) is 49.9 Å². The van der Waals surface area contributed by atoms with Crippen LogP contribution >= 0.6 is 11.3 Å². The van der Waals surface area contributed by atoms with Crippen molar-refractivity contribution >= 4 is 113 Å². The Bertz CT molecular complexity index is 3980. The summed E-state index contributed by atoms with van der Waals surface area (Å²) in [5.41, 5.74) is 12.0. The van der Waals surface area contributed by atoms with Gasteiger partial charge in [0.05, 0.1) is 38.6 Å². The molecule has 0 saturated carbocycles. The van der Waals surface area contributed by atoms with E-state index in [4.69, 9.17) is 9.97 Å². The van der Waals surface area contributed by atoms with Gasteiger partial charge in [0.1, 0.15) is 5.69 Å². The summed E-state index contributed by atoms with van der Waals surface area (Å²) in [6, 6.07) is 61.9. The minimum atomic E-state index is 0.830. The van der Waals surface area contributed by atoms with Crippen LogP contribution in [0.2, 0.25) is 0 Å². The number of fused-ring (bicyclic) bond motifs is 8. The second kappa shape index (κ2) is 10.7. The summed E-state index contributed by atoms with van der Waals surface area (Å²) in [6.45, 7) is 0. The lowest BCUT2D eigenvalue weighted by molar-refractivity contribution is 1.08. The predicted octanol–water partition coefficient (Wildman–Crippen LogP) is 14.2. The monoisotopic (exact) mass is 740 g/mol. The summed E-state index contributed by atoms with van der Waals surface area (Å²) >= 11 is 1.89. The molecule has 5 heterocycles. The van der Waals surface area contributed by atoms with Gasteiger partial charge in [-0.15, -0.1) is 11.3 Å². The van der Waals surface area contributed by atoms with Crippen LogP contribution in [0.25, 0.3) is 130 Å². The number of hydrogen-bond donors (Lipinski definition) is 0. The zero-order valence-electron chi connectivity index (χ0n) is 30.4. The van der Waals surface area contributed by atoms with E-state index in [1.54, 1.807) is 0 Å². The Morgan fingerprint density at radius 1 is 0.404 bits per heavy atom. The number of rotatable bonds is 3. The van der Waals surface area contributed by atoms with Gasteiger partial charge in [-0.1, -0.05) is 121 Å². The normalized spacial score (nSPS) is 12.6. The maximum atomic E-state index is 5.69. The average Bonchev–Trinajstić information content (AvgIpc) is 3.90. The molecular weight excluding hydrogens is 713 g/mol. The smallest absolute Gasteiger partial charge is 0.165 e. The summed E-state index contributed by atoms with van der Waals surface area (Å²) in [5, 5.41) is 12.5. The molecule has 57 heavy (non-hydrogen) atoms. The Labute approximate surface area is 328 Å². The second-order valence-corrected chi connectivity index (χ2v) is 16.4. The molecule has 5 heteroatoms. The van der Waals surface area contributed by atoms with Crippen LogP contribution in [0.1, 0.15) is 0 Å². The van der Waals surface area contributed by atoms with E-state index in [2.05, 4.69) is 179 Å². The highest BCUT2D eigenvalue weighted by molar-refractivity contribution is 7.26. The topological polar surface area (TPSA) is 35.1 Å². The van der Waals surface area contributed by atoms with Gasteiger partial charge in [-0.2, -0.15) is 0 Å². The van der Waals surface area contributed by atoms with E-state index < -0.39 is 0 Å². The predicted molar refractivity (Wildman–Crippen MR) is 241 cm³/mol. The van der Waals surface area contributed by atoms with Crippen LogP contribution in [0.5, 0.6) is 0 Å². The molecule has 0 aliphatic rings. The third-order valence-electron chi connectivity index (χ3n) is 12.4. The number of para-hydroxylation sites is 1. The van der Waals surface area contributed by atoms with Gasteiger partial charge in [0, 0.05) is 52.7 Å². The number of aromatic nitrogens is 4. The summed E-state index contributed by atoms with van der Waals surface area (Å²) in [5.74, 6) is 0.830. The SMILES string of the molecule is c1ccc2cc(-c3ccc(-c4nc5ccc6ccccc6c5nc4-n4c5ccc6sc7ccc8c9ccccc9n9c%10cccc4c%10c5c6c7c89)cc3)ccc2c1. The van der Waals surface area contributed by atoms with Crippen LogP contribution in [-0.4, -0.2) is 18.9 Å². The van der Waals surface area contributed by atoms with Gasteiger partial charge in [0.25, 0.3) is 0 Å². The van der Waals surface area contributed by atoms with Crippen molar-refractivity contribution in [1.82, 2.24) is 18.9 Å². The first kappa shape index (κ1) is 29.9. The molecule has 0 radical (unpaired) electrons. The molecule has 4 nitrogen and oxygen atoms in total. The van der Waals surface area contributed by atoms with Gasteiger partial charge >= 0.3 is 0 Å². The Hall–Kier alpha value is -7.34. The highest BCUT2D eigenvalue weighted by Crippen LogP contribution is 2.50. The van der Waals surface area contributed by atoms with Crippen molar-refractivity contribution in [1.29, 1.82) is 0 Å². The van der Waals surface area contributed by atoms with E-state index in [1.807, 2.05) is 11.3 Å². The van der Waals surface area contributed by atoms with Crippen molar-refractivity contribution in [2.45, 2.75) is 0 Å². The fourth-order valence-corrected chi connectivity index (χ4v) is 11.0. The number of benzene rings is 9. The lowest BCUT2D eigenvalue weighted by Crippen LogP contribution is -2.04. The molecule has 0 unspecified atom stereocenters. The van der Waals surface area contributed by atoms with Gasteiger partial charge < -0.3 is 4.40 Å². The molecule has 0 saturated heterocycles. The van der Waals surface area contributed by atoms with Gasteiger partial charge in [-0.3, -0.25) is 4.57 Å². The highest BCUT2D eigenvalue weighted by atomic mass is 32.1. The summed E-state index contributed by atoms with van der Waals surface area (Å²) < 4.78 is 7.54. The third-order valence-corrected chi connectivity index (χ3v) is 13.5. The van der Waals surface area contributed by atoms with E-state index in [0.29, 0.717) is 0 Å². The van der Waals surface area contributed by atoms with Crippen LogP contribution < -0.4 is 0 Å². The third kappa shape index (κ3) is 3.86. The van der Waals surface area contributed by atoms with E-state index >= 15 is 0 Å². The Morgan fingerprint density at radius 3 is 2.00 bits per heavy atom. The maximum Gasteiger partial charge on any atom is 0.165 e. The number of hydrogen-bond acceptors (Lipinski definition) is 3. The molecule has 262 valence electrons. The number of thiophene rings is 1. The summed E-state index contributed by atoms with van der Waals surface area (Å²) in [4.78, 5) is 11.2. The molecule has 0 aliphatic carbocycles. The molecule has 0 spiro atoms. The molecule has 0 bridgehead atoms. The van der Waals surface area contributed by atoms with E-state index in [9.17, 15) is 0 Å². The molecule has 9 aromatic carbocycles. The number of nitrogens with zero attached hydrogens (tertiary/aromatic N) is 4. The fourth-order valence-electron chi connectivity index (χ4n) is 9.91. The minimum absolute atomic E-state index is 0.830. The largest absolute Gasteiger partial charge is 0.308 e. The van der Waals surface area contributed by atoms with Crippen LogP contribution in [-0.2, 0) is 0 Å². The molecule has 5 aromatic heterocycles. The molecular formula is C52H28N4S. The van der Waals surface area contributed by atoms with Crippen LogP contribution in [0, 0.1) is 0 Å². The lowest BCUT2D eigenvalue weighted by atomic mass is 9.99. The van der Waals surface area contributed by atoms with Crippen molar-refractivity contribution in [2.24, 2.45) is 0 Å². The van der Waals surface area contributed by atoms with Crippen molar-refractivity contribution in [3.8, 4) is 28.2 Å². The summed E-state index contributed by atoms with van der Waals surface area (Å²) in [7, 11) is 0. The van der Waals surface area contributed by atoms with E-state index in [-0.39, 0.29) is 0 Å². The molecule has 14 rings (SSSR count). The zero-order chi connectivity index (χ0) is 36.9. The Morgan fingerprint density at radius 2 is 1.09 bits per heavy atom. The minimum Gasteiger partial charge on any atom is -0.308 e. The van der Waals surface area contributed by atoms with Crippen LogP contribution in [0.4, 0.5) is 0 Å². The van der Waals surface area contributed by atoms with Crippen molar-refractivity contribution in [2.75, 3.05) is 0 Å².